The molecular formula is C15H14N4O4S2. The van der Waals surface area contributed by atoms with E-state index < -0.39 is 0 Å². The molecule has 0 bridgehead atoms. The van der Waals surface area contributed by atoms with Gasteiger partial charge in [0.05, 0.1) is 12.9 Å². The Balaban J connectivity index is 1.44. The van der Waals surface area contributed by atoms with Gasteiger partial charge in [0.25, 0.3) is 11.1 Å². The highest BCUT2D eigenvalue weighted by molar-refractivity contribution is 7.99. The van der Waals surface area contributed by atoms with Crippen molar-refractivity contribution in [2.75, 3.05) is 18.2 Å². The Hall–Kier alpha value is -2.59. The van der Waals surface area contributed by atoms with Crippen molar-refractivity contribution in [3.8, 4) is 11.5 Å². The largest absolute Gasteiger partial charge is 0.497 e. The van der Waals surface area contributed by atoms with Crippen LogP contribution in [0.4, 0.5) is 5.13 Å². The quantitative estimate of drug-likeness (QED) is 0.597. The van der Waals surface area contributed by atoms with Crippen molar-refractivity contribution in [1.29, 1.82) is 0 Å². The minimum absolute atomic E-state index is 0.144. The summed E-state index contributed by atoms with van der Waals surface area (Å²) in [6, 6.07) is 7.17. The molecule has 1 aromatic carbocycles. The maximum absolute atomic E-state index is 11.8. The van der Waals surface area contributed by atoms with Crippen LogP contribution in [0.2, 0.25) is 0 Å². The molecule has 0 aliphatic rings. The molecule has 1 N–H and O–H groups in total. The number of amides is 1. The van der Waals surface area contributed by atoms with Crippen LogP contribution in [0.3, 0.4) is 0 Å². The van der Waals surface area contributed by atoms with Gasteiger partial charge in [-0.3, -0.25) is 4.79 Å². The van der Waals surface area contributed by atoms with Crippen molar-refractivity contribution in [1.82, 2.24) is 15.2 Å². The molecule has 0 saturated heterocycles. The second-order valence-corrected chi connectivity index (χ2v) is 6.42. The van der Waals surface area contributed by atoms with Crippen molar-refractivity contribution in [2.24, 2.45) is 0 Å². The zero-order valence-corrected chi connectivity index (χ0v) is 14.8. The van der Waals surface area contributed by atoms with Crippen molar-refractivity contribution < 1.29 is 18.7 Å². The molecule has 0 unspecified atom stereocenters. The number of benzene rings is 1. The van der Waals surface area contributed by atoms with Crippen LogP contribution in [0.25, 0.3) is 0 Å². The number of aromatic nitrogens is 3. The number of ether oxygens (including phenoxy) is 2. The van der Waals surface area contributed by atoms with Gasteiger partial charge in [-0.1, -0.05) is 11.8 Å². The monoisotopic (exact) mass is 378 g/mol. The molecule has 130 valence electrons. The normalized spacial score (nSPS) is 10.4. The Bertz CT molecular complexity index is 805. The van der Waals surface area contributed by atoms with Crippen LogP contribution in [0.15, 0.2) is 45.5 Å². The third kappa shape index (κ3) is 5.19. The van der Waals surface area contributed by atoms with E-state index in [9.17, 15) is 4.79 Å². The first-order valence-electron chi connectivity index (χ1n) is 7.14. The van der Waals surface area contributed by atoms with E-state index in [2.05, 4.69) is 20.5 Å². The fourth-order valence-corrected chi connectivity index (χ4v) is 2.87. The minimum Gasteiger partial charge on any atom is -0.497 e. The number of thioether (sulfide) groups is 1. The lowest BCUT2D eigenvalue weighted by Gasteiger charge is -2.04. The zero-order valence-electron chi connectivity index (χ0n) is 13.2. The van der Waals surface area contributed by atoms with Crippen LogP contribution in [0.1, 0.15) is 5.89 Å². The van der Waals surface area contributed by atoms with Gasteiger partial charge in [0.15, 0.2) is 11.7 Å². The van der Waals surface area contributed by atoms with E-state index in [1.54, 1.807) is 43.0 Å². The van der Waals surface area contributed by atoms with Gasteiger partial charge < -0.3 is 19.2 Å². The summed E-state index contributed by atoms with van der Waals surface area (Å²) in [5.41, 5.74) is 0. The number of thiazole rings is 1. The molecular weight excluding hydrogens is 364 g/mol. The topological polar surface area (TPSA) is 99.4 Å². The van der Waals surface area contributed by atoms with Crippen LogP contribution in [0.5, 0.6) is 11.5 Å². The number of hydrogen-bond acceptors (Lipinski definition) is 9. The highest BCUT2D eigenvalue weighted by Gasteiger charge is 2.11. The fourth-order valence-electron chi connectivity index (χ4n) is 1.74. The molecule has 25 heavy (non-hydrogen) atoms. The molecule has 0 aliphatic heterocycles. The van der Waals surface area contributed by atoms with Crippen molar-refractivity contribution in [3.63, 3.8) is 0 Å². The summed E-state index contributed by atoms with van der Waals surface area (Å²) in [5.74, 6) is 1.71. The van der Waals surface area contributed by atoms with Crippen LogP contribution < -0.4 is 14.8 Å². The predicted molar refractivity (Wildman–Crippen MR) is 93.1 cm³/mol. The van der Waals surface area contributed by atoms with E-state index >= 15 is 0 Å². The first kappa shape index (κ1) is 17.2. The van der Waals surface area contributed by atoms with Gasteiger partial charge in [-0.2, -0.15) is 0 Å². The van der Waals surface area contributed by atoms with Crippen LogP contribution in [-0.4, -0.2) is 34.0 Å². The Morgan fingerprint density at radius 1 is 1.28 bits per heavy atom. The standard InChI is InChI=1S/C15H14N4O4S2/c1-21-10-2-4-11(5-3-10)22-8-13-18-19-15(23-13)25-9-12(20)17-14-16-6-7-24-14/h2-7H,8-9H2,1H3,(H,16,17,20). The Kier molecular flexibility index (Phi) is 5.86. The molecule has 3 aromatic rings. The van der Waals surface area contributed by atoms with Gasteiger partial charge in [-0.05, 0) is 24.3 Å². The number of carbonyl (C=O) groups excluding carboxylic acids is 1. The third-order valence-corrected chi connectivity index (χ3v) is 4.38. The molecule has 2 aromatic heterocycles. The molecule has 0 radical (unpaired) electrons. The summed E-state index contributed by atoms with van der Waals surface area (Å²) in [7, 11) is 1.60. The molecule has 2 heterocycles. The Morgan fingerprint density at radius 2 is 2.08 bits per heavy atom. The maximum Gasteiger partial charge on any atom is 0.277 e. The first-order valence-corrected chi connectivity index (χ1v) is 9.01. The first-order chi connectivity index (χ1) is 12.2. The van der Waals surface area contributed by atoms with Crippen molar-refractivity contribution in [2.45, 2.75) is 11.8 Å². The predicted octanol–water partition coefficient (Wildman–Crippen LogP) is 2.84. The van der Waals surface area contributed by atoms with Gasteiger partial charge in [0.2, 0.25) is 5.91 Å². The number of carbonyl (C=O) groups is 1. The van der Waals surface area contributed by atoms with Gasteiger partial charge in [-0.15, -0.1) is 21.5 Å². The molecule has 1 amide bonds. The second-order valence-electron chi connectivity index (χ2n) is 4.60. The molecule has 0 atom stereocenters. The van der Waals surface area contributed by atoms with Gasteiger partial charge in [0, 0.05) is 11.6 Å². The van der Waals surface area contributed by atoms with E-state index in [1.807, 2.05) is 0 Å². The van der Waals surface area contributed by atoms with Crippen LogP contribution in [-0.2, 0) is 11.4 Å². The van der Waals surface area contributed by atoms with Gasteiger partial charge in [-0.25, -0.2) is 4.98 Å². The van der Waals surface area contributed by atoms with Crippen LogP contribution in [0, 0.1) is 0 Å². The SMILES string of the molecule is COc1ccc(OCc2nnc(SCC(=O)Nc3nccs3)o2)cc1. The lowest BCUT2D eigenvalue weighted by molar-refractivity contribution is -0.113. The average Bonchev–Trinajstić information content (AvgIpc) is 3.30. The number of anilines is 1. The number of hydrogen-bond donors (Lipinski definition) is 1. The maximum atomic E-state index is 11.8. The molecule has 0 aliphatic carbocycles. The number of methoxy groups -OCH3 is 1. The second kappa shape index (κ2) is 8.49. The minimum atomic E-state index is -0.186. The Morgan fingerprint density at radius 3 is 2.80 bits per heavy atom. The van der Waals surface area contributed by atoms with E-state index in [0.717, 1.165) is 17.5 Å². The third-order valence-electron chi connectivity index (χ3n) is 2.88. The highest BCUT2D eigenvalue weighted by Crippen LogP contribution is 2.20. The molecule has 3 rings (SSSR count). The van der Waals surface area contributed by atoms with Gasteiger partial charge >= 0.3 is 0 Å². The fraction of sp³-hybridized carbons (Fsp3) is 0.200. The molecule has 0 saturated carbocycles. The molecule has 0 spiro atoms. The van der Waals surface area contributed by atoms with E-state index in [1.165, 1.54) is 11.3 Å². The summed E-state index contributed by atoms with van der Waals surface area (Å²) < 4.78 is 16.1. The van der Waals surface area contributed by atoms with Crippen molar-refractivity contribution in [3.05, 3.63) is 41.7 Å². The van der Waals surface area contributed by atoms with E-state index in [0.29, 0.717) is 22.0 Å². The number of nitrogens with one attached hydrogen (secondary N) is 1. The van der Waals surface area contributed by atoms with Gasteiger partial charge in [0.1, 0.15) is 11.5 Å². The number of nitrogens with zero attached hydrogens (tertiary/aromatic N) is 3. The highest BCUT2D eigenvalue weighted by atomic mass is 32.2. The summed E-state index contributed by atoms with van der Waals surface area (Å²) in [5, 5.41) is 13.1. The lowest BCUT2D eigenvalue weighted by Crippen LogP contribution is -2.13. The summed E-state index contributed by atoms with van der Waals surface area (Å²) >= 11 is 2.51. The van der Waals surface area contributed by atoms with Crippen molar-refractivity contribution >= 4 is 34.1 Å². The summed E-state index contributed by atoms with van der Waals surface area (Å²) in [6.45, 7) is 0.144. The van der Waals surface area contributed by atoms with E-state index in [-0.39, 0.29) is 18.3 Å². The lowest BCUT2D eigenvalue weighted by atomic mass is 10.3. The number of rotatable bonds is 8. The molecule has 0 fully saturated rings. The average molecular weight is 378 g/mol. The smallest absolute Gasteiger partial charge is 0.277 e. The Labute approximate surface area is 151 Å². The molecule has 10 heteroatoms. The van der Waals surface area contributed by atoms with E-state index in [4.69, 9.17) is 13.9 Å². The zero-order chi connectivity index (χ0) is 17.5. The molecule has 8 nitrogen and oxygen atoms in total. The summed E-state index contributed by atoms with van der Waals surface area (Å²) in [4.78, 5) is 15.7. The van der Waals surface area contributed by atoms with Crippen LogP contribution >= 0.6 is 23.1 Å². The summed E-state index contributed by atoms with van der Waals surface area (Å²) in [6.07, 6.45) is 1.63.